The molecular formula is C19H24N2O3S. The first kappa shape index (κ1) is 16.9. The summed E-state index contributed by atoms with van der Waals surface area (Å²) in [5.74, 6) is 0.781. The number of hydrogen-bond acceptors (Lipinski definition) is 3. The molecule has 4 rings (SSSR count). The summed E-state index contributed by atoms with van der Waals surface area (Å²) in [5.41, 5.74) is 2.66. The van der Waals surface area contributed by atoms with E-state index in [9.17, 15) is 14.1 Å². The minimum atomic E-state index is -1.11. The molecule has 2 unspecified atom stereocenters. The molecule has 2 atom stereocenters. The Labute approximate surface area is 151 Å². The van der Waals surface area contributed by atoms with Crippen LogP contribution in [0.1, 0.15) is 30.4 Å². The monoisotopic (exact) mass is 360 g/mol. The molecule has 2 heterocycles. The predicted octanol–water partition coefficient (Wildman–Crippen LogP) is 1.33. The van der Waals surface area contributed by atoms with Crippen LogP contribution in [0, 0.1) is 5.92 Å². The average Bonchev–Trinajstić information content (AvgIpc) is 3.32. The van der Waals surface area contributed by atoms with Gasteiger partial charge in [0.15, 0.2) is 11.9 Å². The minimum Gasteiger partial charge on any atom is -0.615 e. The van der Waals surface area contributed by atoms with Gasteiger partial charge in [0.05, 0.1) is 0 Å². The summed E-state index contributed by atoms with van der Waals surface area (Å²) >= 11 is -1.11. The molecule has 0 radical (unpaired) electrons. The van der Waals surface area contributed by atoms with Gasteiger partial charge in [-0.25, -0.2) is 0 Å². The molecule has 0 spiro atoms. The van der Waals surface area contributed by atoms with E-state index in [1.807, 2.05) is 17.0 Å². The van der Waals surface area contributed by atoms with Gasteiger partial charge in [-0.3, -0.25) is 14.5 Å². The Balaban J connectivity index is 1.41. The van der Waals surface area contributed by atoms with Crippen LogP contribution in [0.5, 0.6) is 0 Å². The van der Waals surface area contributed by atoms with Gasteiger partial charge in [-0.1, -0.05) is 24.3 Å². The van der Waals surface area contributed by atoms with E-state index in [1.165, 1.54) is 11.1 Å². The van der Waals surface area contributed by atoms with Crippen molar-refractivity contribution in [1.29, 1.82) is 0 Å². The SMILES string of the molecule is O=C(C1C[S+]([O-])CN1C(=O)CC1Cc2ccccc2C1)N1CCCC1. The number of rotatable bonds is 3. The zero-order valence-corrected chi connectivity index (χ0v) is 15.2. The summed E-state index contributed by atoms with van der Waals surface area (Å²) < 4.78 is 12.0. The second-order valence-corrected chi connectivity index (χ2v) is 8.87. The number of amides is 2. The van der Waals surface area contributed by atoms with E-state index in [0.717, 1.165) is 38.8 Å². The lowest BCUT2D eigenvalue weighted by atomic mass is 10.0. The largest absolute Gasteiger partial charge is 0.615 e. The van der Waals surface area contributed by atoms with Gasteiger partial charge in [0.1, 0.15) is 5.75 Å². The minimum absolute atomic E-state index is 0.00796. The van der Waals surface area contributed by atoms with Crippen LogP contribution in [-0.4, -0.2) is 56.9 Å². The van der Waals surface area contributed by atoms with Crippen LogP contribution in [0.4, 0.5) is 0 Å². The van der Waals surface area contributed by atoms with E-state index in [2.05, 4.69) is 12.1 Å². The van der Waals surface area contributed by atoms with Gasteiger partial charge in [0, 0.05) is 19.5 Å². The summed E-state index contributed by atoms with van der Waals surface area (Å²) in [7, 11) is 0. The number of carbonyl (C=O) groups excluding carboxylic acids is 2. The maximum Gasteiger partial charge on any atom is 0.250 e. The number of nitrogens with zero attached hydrogens (tertiary/aromatic N) is 2. The van der Waals surface area contributed by atoms with Crippen molar-refractivity contribution in [2.24, 2.45) is 5.92 Å². The van der Waals surface area contributed by atoms with Crippen molar-refractivity contribution in [3.63, 3.8) is 0 Å². The van der Waals surface area contributed by atoms with E-state index >= 15 is 0 Å². The smallest absolute Gasteiger partial charge is 0.250 e. The highest BCUT2D eigenvalue weighted by Crippen LogP contribution is 2.30. The molecule has 3 aliphatic rings. The van der Waals surface area contributed by atoms with Crippen molar-refractivity contribution in [2.45, 2.75) is 38.1 Å². The highest BCUT2D eigenvalue weighted by Gasteiger charge is 2.44. The number of fused-ring (bicyclic) bond motifs is 1. The van der Waals surface area contributed by atoms with Gasteiger partial charge in [0.2, 0.25) is 11.8 Å². The summed E-state index contributed by atoms with van der Waals surface area (Å²) in [6, 6.07) is 7.82. The van der Waals surface area contributed by atoms with Crippen molar-refractivity contribution in [2.75, 3.05) is 24.7 Å². The van der Waals surface area contributed by atoms with Crippen molar-refractivity contribution < 1.29 is 14.1 Å². The van der Waals surface area contributed by atoms with Crippen molar-refractivity contribution in [3.05, 3.63) is 35.4 Å². The van der Waals surface area contributed by atoms with E-state index in [0.29, 0.717) is 18.1 Å². The van der Waals surface area contributed by atoms with Crippen LogP contribution >= 0.6 is 0 Å². The van der Waals surface area contributed by atoms with Gasteiger partial charge in [-0.15, -0.1) is 0 Å². The molecule has 0 aromatic heterocycles. The number of benzene rings is 1. The van der Waals surface area contributed by atoms with Crippen LogP contribution in [0.15, 0.2) is 24.3 Å². The van der Waals surface area contributed by atoms with E-state index in [-0.39, 0.29) is 17.7 Å². The summed E-state index contributed by atoms with van der Waals surface area (Å²) in [6.07, 6.45) is 4.33. The third kappa shape index (κ3) is 3.42. The third-order valence-corrected chi connectivity index (χ3v) is 6.88. The topological polar surface area (TPSA) is 63.7 Å². The fourth-order valence-electron chi connectivity index (χ4n) is 4.32. The Bertz CT molecular complexity index is 649. The lowest BCUT2D eigenvalue weighted by molar-refractivity contribution is -0.143. The average molecular weight is 360 g/mol. The molecular weight excluding hydrogens is 336 g/mol. The molecule has 2 saturated heterocycles. The molecule has 5 nitrogen and oxygen atoms in total. The Hall–Kier alpha value is -1.53. The Morgan fingerprint density at radius 1 is 1.12 bits per heavy atom. The maximum atomic E-state index is 12.8. The molecule has 1 aliphatic carbocycles. The normalized spacial score (nSPS) is 26.3. The van der Waals surface area contributed by atoms with E-state index < -0.39 is 17.2 Å². The lowest BCUT2D eigenvalue weighted by Crippen LogP contribution is -2.48. The van der Waals surface area contributed by atoms with Gasteiger partial charge in [-0.05, 0) is 53.9 Å². The number of likely N-dealkylation sites (tertiary alicyclic amines) is 1. The third-order valence-electron chi connectivity index (χ3n) is 5.63. The molecule has 0 saturated carbocycles. The van der Waals surface area contributed by atoms with Gasteiger partial charge in [-0.2, -0.15) is 0 Å². The van der Waals surface area contributed by atoms with Crippen LogP contribution in [0.25, 0.3) is 0 Å². The molecule has 134 valence electrons. The standard InChI is InChI=1S/C19H24N2O3S/c22-18(11-14-9-15-5-1-2-6-16(15)10-14)21-13-25(24)12-17(21)19(23)20-7-3-4-8-20/h1-2,5-6,14,17H,3-4,7-13H2. The summed E-state index contributed by atoms with van der Waals surface area (Å²) in [5, 5.41) is 0. The van der Waals surface area contributed by atoms with Crippen LogP contribution in [-0.2, 0) is 33.6 Å². The van der Waals surface area contributed by atoms with E-state index in [1.54, 1.807) is 4.90 Å². The first-order chi connectivity index (χ1) is 12.1. The first-order valence-electron chi connectivity index (χ1n) is 9.12. The zero-order valence-electron chi connectivity index (χ0n) is 14.4. The van der Waals surface area contributed by atoms with Crippen molar-refractivity contribution in [3.8, 4) is 0 Å². The van der Waals surface area contributed by atoms with Gasteiger partial charge >= 0.3 is 0 Å². The Morgan fingerprint density at radius 3 is 2.40 bits per heavy atom. The highest BCUT2D eigenvalue weighted by atomic mass is 32.2. The van der Waals surface area contributed by atoms with Crippen LogP contribution in [0.3, 0.4) is 0 Å². The zero-order chi connectivity index (χ0) is 17.4. The van der Waals surface area contributed by atoms with Crippen molar-refractivity contribution in [1.82, 2.24) is 9.80 Å². The Morgan fingerprint density at radius 2 is 1.76 bits per heavy atom. The highest BCUT2D eigenvalue weighted by molar-refractivity contribution is 7.91. The van der Waals surface area contributed by atoms with Crippen molar-refractivity contribution >= 4 is 23.0 Å². The molecule has 0 N–H and O–H groups in total. The molecule has 25 heavy (non-hydrogen) atoms. The van der Waals surface area contributed by atoms with E-state index in [4.69, 9.17) is 0 Å². The fraction of sp³-hybridized carbons (Fsp3) is 0.579. The molecule has 2 aliphatic heterocycles. The molecule has 1 aromatic carbocycles. The molecule has 2 amide bonds. The first-order valence-corrected chi connectivity index (χ1v) is 10.6. The second kappa shape index (κ2) is 7.00. The molecule has 1 aromatic rings. The second-order valence-electron chi connectivity index (χ2n) is 7.39. The van der Waals surface area contributed by atoms with Crippen LogP contribution < -0.4 is 0 Å². The van der Waals surface area contributed by atoms with Crippen LogP contribution in [0.2, 0.25) is 0 Å². The number of carbonyl (C=O) groups is 2. The fourth-order valence-corrected chi connectivity index (χ4v) is 5.74. The summed E-state index contributed by atoms with van der Waals surface area (Å²) in [4.78, 5) is 29.0. The van der Waals surface area contributed by atoms with Gasteiger partial charge in [0.25, 0.3) is 0 Å². The molecule has 2 fully saturated rings. The lowest BCUT2D eigenvalue weighted by Gasteiger charge is -2.25. The maximum absolute atomic E-state index is 12.8. The molecule has 6 heteroatoms. The number of hydrogen-bond donors (Lipinski definition) is 0. The quantitative estimate of drug-likeness (QED) is 0.764. The summed E-state index contributed by atoms with van der Waals surface area (Å²) in [6.45, 7) is 1.53. The Kier molecular flexibility index (Phi) is 4.73. The van der Waals surface area contributed by atoms with Gasteiger partial charge < -0.3 is 9.45 Å². The molecule has 0 bridgehead atoms. The predicted molar refractivity (Wildman–Crippen MR) is 96.3 cm³/mol.